The van der Waals surface area contributed by atoms with Crippen LogP contribution in [0.3, 0.4) is 0 Å². The maximum absolute atomic E-state index is 9.55. The summed E-state index contributed by atoms with van der Waals surface area (Å²) in [5.74, 6) is 1.29. The Kier molecular flexibility index (Phi) is 3.40. The molecule has 0 radical (unpaired) electrons. The van der Waals surface area contributed by atoms with Crippen molar-refractivity contribution in [2.24, 2.45) is 23.0 Å². The van der Waals surface area contributed by atoms with Crippen molar-refractivity contribution in [3.8, 4) is 0 Å². The molecule has 0 heterocycles. The summed E-state index contributed by atoms with van der Waals surface area (Å²) in [7, 11) is 0. The molecular weight excluding hydrogens is 234 g/mol. The van der Waals surface area contributed by atoms with Crippen molar-refractivity contribution in [1.29, 1.82) is 0 Å². The van der Waals surface area contributed by atoms with E-state index in [9.17, 15) is 5.11 Å². The average molecular weight is 259 g/mol. The first-order valence-electron chi connectivity index (χ1n) is 7.61. The van der Waals surface area contributed by atoms with Gasteiger partial charge in [-0.15, -0.1) is 0 Å². The zero-order valence-electron chi connectivity index (χ0n) is 11.8. The highest BCUT2D eigenvalue weighted by Crippen LogP contribution is 2.56. The Balaban J connectivity index is 2.02. The second kappa shape index (κ2) is 4.92. The van der Waals surface area contributed by atoms with Crippen molar-refractivity contribution in [3.63, 3.8) is 0 Å². The molecule has 0 spiro atoms. The van der Waals surface area contributed by atoms with E-state index in [2.05, 4.69) is 31.2 Å². The van der Waals surface area contributed by atoms with Gasteiger partial charge in [-0.05, 0) is 67.4 Å². The monoisotopic (exact) mass is 259 g/mol. The first kappa shape index (κ1) is 13.1. The molecule has 2 heteroatoms. The summed E-state index contributed by atoms with van der Waals surface area (Å²) in [5.41, 5.74) is 9.57. The average Bonchev–Trinajstić information content (AvgIpc) is 2.63. The van der Waals surface area contributed by atoms with Crippen LogP contribution in [0.2, 0.25) is 0 Å². The lowest BCUT2D eigenvalue weighted by molar-refractivity contribution is 0.0635. The Labute approximate surface area is 116 Å². The molecular formula is C17H25NO. The highest BCUT2D eigenvalue weighted by atomic mass is 16.3. The molecule has 2 aliphatic rings. The third-order valence-corrected chi connectivity index (χ3v) is 5.83. The van der Waals surface area contributed by atoms with Gasteiger partial charge in [0.2, 0.25) is 0 Å². The molecule has 0 amide bonds. The minimum atomic E-state index is 0.147. The van der Waals surface area contributed by atoms with Crippen LogP contribution >= 0.6 is 0 Å². The fourth-order valence-electron chi connectivity index (χ4n) is 4.92. The van der Waals surface area contributed by atoms with Crippen LogP contribution in [0.15, 0.2) is 24.3 Å². The Hall–Kier alpha value is -0.860. The third-order valence-electron chi connectivity index (χ3n) is 5.83. The van der Waals surface area contributed by atoms with Gasteiger partial charge in [0.05, 0.1) is 0 Å². The lowest BCUT2D eigenvalue weighted by atomic mass is 9.64. The lowest BCUT2D eigenvalue weighted by Crippen LogP contribution is -2.47. The first-order valence-corrected chi connectivity index (χ1v) is 7.61. The van der Waals surface area contributed by atoms with Crippen LogP contribution in [0.4, 0.5) is 0 Å². The lowest BCUT2D eigenvalue weighted by Gasteiger charge is -2.42. The van der Waals surface area contributed by atoms with E-state index in [4.69, 9.17) is 5.73 Å². The summed E-state index contributed by atoms with van der Waals surface area (Å²) in [6, 6.07) is 9.03. The van der Waals surface area contributed by atoms with Crippen LogP contribution in [0.25, 0.3) is 0 Å². The van der Waals surface area contributed by atoms with Crippen LogP contribution in [0.5, 0.6) is 0 Å². The van der Waals surface area contributed by atoms with E-state index in [1.165, 1.54) is 24.0 Å². The molecule has 2 nitrogen and oxygen atoms in total. The van der Waals surface area contributed by atoms with Gasteiger partial charge in [0.25, 0.3) is 0 Å². The molecule has 3 rings (SSSR count). The highest BCUT2D eigenvalue weighted by Gasteiger charge is 2.52. The second-order valence-corrected chi connectivity index (χ2v) is 6.52. The van der Waals surface area contributed by atoms with E-state index in [0.29, 0.717) is 11.8 Å². The number of aliphatic hydroxyl groups is 1. The molecule has 1 aromatic carbocycles. The van der Waals surface area contributed by atoms with E-state index < -0.39 is 0 Å². The van der Waals surface area contributed by atoms with Crippen LogP contribution < -0.4 is 5.73 Å². The number of hydrogen-bond donors (Lipinski definition) is 2. The van der Waals surface area contributed by atoms with Crippen molar-refractivity contribution in [2.45, 2.75) is 45.1 Å². The van der Waals surface area contributed by atoms with Gasteiger partial charge in [-0.2, -0.15) is 0 Å². The highest BCUT2D eigenvalue weighted by molar-refractivity contribution is 5.31. The standard InChI is InChI=1S/C17H25NO/c1-12(18)17(8-9-19)15-6-7-16(17)11-14-5-3-2-4-13(14)10-15/h2-5,12,15-16,19H,6-11,18H2,1H3. The molecule has 2 bridgehead atoms. The zero-order chi connectivity index (χ0) is 13.5. The van der Waals surface area contributed by atoms with Gasteiger partial charge in [0.1, 0.15) is 0 Å². The summed E-state index contributed by atoms with van der Waals surface area (Å²) in [5, 5.41) is 9.55. The number of aliphatic hydroxyl groups excluding tert-OH is 1. The van der Waals surface area contributed by atoms with Crippen molar-refractivity contribution >= 4 is 0 Å². The van der Waals surface area contributed by atoms with E-state index in [1.807, 2.05) is 0 Å². The maximum Gasteiger partial charge on any atom is 0.0437 e. The second-order valence-electron chi connectivity index (χ2n) is 6.52. The Morgan fingerprint density at radius 1 is 1.21 bits per heavy atom. The smallest absolute Gasteiger partial charge is 0.0437 e. The van der Waals surface area contributed by atoms with E-state index in [-0.39, 0.29) is 18.1 Å². The van der Waals surface area contributed by atoms with Gasteiger partial charge in [-0.25, -0.2) is 0 Å². The van der Waals surface area contributed by atoms with E-state index in [1.54, 1.807) is 0 Å². The molecule has 3 unspecified atom stereocenters. The summed E-state index contributed by atoms with van der Waals surface area (Å²) in [6.45, 7) is 2.42. The van der Waals surface area contributed by atoms with Crippen LogP contribution in [0, 0.1) is 17.3 Å². The fourth-order valence-corrected chi connectivity index (χ4v) is 4.92. The summed E-state index contributed by atoms with van der Waals surface area (Å²) in [4.78, 5) is 0. The van der Waals surface area contributed by atoms with Gasteiger partial charge >= 0.3 is 0 Å². The van der Waals surface area contributed by atoms with E-state index >= 15 is 0 Å². The first-order chi connectivity index (χ1) is 9.18. The Morgan fingerprint density at radius 2 is 1.74 bits per heavy atom. The minimum Gasteiger partial charge on any atom is -0.396 e. The molecule has 0 saturated heterocycles. The molecule has 1 aromatic rings. The zero-order valence-corrected chi connectivity index (χ0v) is 11.8. The predicted molar refractivity (Wildman–Crippen MR) is 77.8 cm³/mol. The largest absolute Gasteiger partial charge is 0.396 e. The molecule has 0 aromatic heterocycles. The molecule has 3 atom stereocenters. The van der Waals surface area contributed by atoms with Crippen LogP contribution in [-0.2, 0) is 12.8 Å². The number of fused-ring (bicyclic) bond motifs is 3. The Morgan fingerprint density at radius 3 is 2.16 bits per heavy atom. The van der Waals surface area contributed by atoms with Gasteiger partial charge in [-0.1, -0.05) is 24.3 Å². The SMILES string of the molecule is CC(N)C1(CCO)C2CCC1Cc1ccccc1C2. The molecule has 3 N–H and O–H groups in total. The van der Waals surface area contributed by atoms with Crippen molar-refractivity contribution in [1.82, 2.24) is 0 Å². The van der Waals surface area contributed by atoms with Crippen molar-refractivity contribution in [2.75, 3.05) is 6.61 Å². The number of nitrogens with two attached hydrogens (primary N) is 1. The summed E-state index contributed by atoms with van der Waals surface area (Å²) >= 11 is 0. The predicted octanol–water partition coefficient (Wildman–Crippen LogP) is 2.53. The molecule has 1 saturated carbocycles. The normalized spacial score (nSPS) is 34.7. The van der Waals surface area contributed by atoms with Crippen molar-refractivity contribution in [3.05, 3.63) is 35.4 Å². The maximum atomic E-state index is 9.55. The van der Waals surface area contributed by atoms with Gasteiger partial charge < -0.3 is 10.8 Å². The molecule has 1 fully saturated rings. The third kappa shape index (κ3) is 1.93. The number of benzene rings is 1. The van der Waals surface area contributed by atoms with Gasteiger partial charge in [-0.3, -0.25) is 0 Å². The van der Waals surface area contributed by atoms with Crippen LogP contribution in [0.1, 0.15) is 37.3 Å². The molecule has 19 heavy (non-hydrogen) atoms. The molecule has 2 aliphatic carbocycles. The Bertz CT molecular complexity index is 421. The minimum absolute atomic E-state index is 0.147. The topological polar surface area (TPSA) is 46.2 Å². The summed E-state index contributed by atoms with van der Waals surface area (Å²) in [6.07, 6.45) is 5.72. The van der Waals surface area contributed by atoms with Gasteiger partial charge in [0.15, 0.2) is 0 Å². The van der Waals surface area contributed by atoms with Crippen LogP contribution in [-0.4, -0.2) is 17.8 Å². The number of rotatable bonds is 3. The molecule has 104 valence electrons. The summed E-state index contributed by atoms with van der Waals surface area (Å²) < 4.78 is 0. The molecule has 0 aliphatic heterocycles. The van der Waals surface area contributed by atoms with Gasteiger partial charge in [0, 0.05) is 12.6 Å². The number of hydrogen-bond acceptors (Lipinski definition) is 2. The quantitative estimate of drug-likeness (QED) is 0.876. The van der Waals surface area contributed by atoms with E-state index in [0.717, 1.165) is 19.3 Å². The van der Waals surface area contributed by atoms with Crippen molar-refractivity contribution < 1.29 is 5.11 Å². The fraction of sp³-hybridized carbons (Fsp3) is 0.647.